The van der Waals surface area contributed by atoms with Crippen LogP contribution < -0.4 is 5.43 Å². The van der Waals surface area contributed by atoms with E-state index in [4.69, 9.17) is 0 Å². The minimum Gasteiger partial charge on any atom is -0.252 e. The fourth-order valence-corrected chi connectivity index (χ4v) is 2.83. The average molecular weight is 299 g/mol. The zero-order valence-corrected chi connectivity index (χ0v) is 12.3. The molecule has 1 heterocycles. The first-order valence-electron chi connectivity index (χ1n) is 6.70. The van der Waals surface area contributed by atoms with Gasteiger partial charge in [-0.05, 0) is 36.2 Å². The van der Waals surface area contributed by atoms with Gasteiger partial charge in [0.05, 0.1) is 15.9 Å². The van der Waals surface area contributed by atoms with Crippen LogP contribution in [0.25, 0.3) is 10.2 Å². The summed E-state index contributed by atoms with van der Waals surface area (Å²) in [7, 11) is 0. The monoisotopic (exact) mass is 299 g/mol. The van der Waals surface area contributed by atoms with Crippen LogP contribution in [0.4, 0.5) is 9.52 Å². The maximum atomic E-state index is 13.0. The number of anilines is 1. The Kier molecular flexibility index (Phi) is 3.92. The quantitative estimate of drug-likeness (QED) is 0.562. The molecular formula is C16H14FN3S. The third kappa shape index (κ3) is 3.08. The van der Waals surface area contributed by atoms with Crippen molar-refractivity contribution in [3.05, 3.63) is 59.9 Å². The first-order valence-corrected chi connectivity index (χ1v) is 7.52. The molecule has 0 fully saturated rings. The zero-order chi connectivity index (χ0) is 14.7. The Morgan fingerprint density at radius 3 is 2.67 bits per heavy atom. The molecule has 0 radical (unpaired) electrons. The molecule has 21 heavy (non-hydrogen) atoms. The van der Waals surface area contributed by atoms with E-state index in [9.17, 15) is 4.39 Å². The van der Waals surface area contributed by atoms with Crippen LogP contribution in [0, 0.1) is 5.82 Å². The van der Waals surface area contributed by atoms with E-state index in [1.54, 1.807) is 23.5 Å². The number of fused-ring (bicyclic) bond motifs is 1. The van der Waals surface area contributed by atoms with Crippen LogP contribution in [0.2, 0.25) is 0 Å². The molecule has 0 aliphatic rings. The lowest BCUT2D eigenvalue weighted by molar-refractivity contribution is 0.627. The highest BCUT2D eigenvalue weighted by Gasteiger charge is 2.04. The number of rotatable bonds is 4. The highest BCUT2D eigenvalue weighted by molar-refractivity contribution is 7.22. The summed E-state index contributed by atoms with van der Waals surface area (Å²) in [4.78, 5) is 4.47. The molecule has 3 rings (SSSR count). The number of aromatic nitrogens is 1. The number of hydrogen-bond acceptors (Lipinski definition) is 4. The summed E-state index contributed by atoms with van der Waals surface area (Å²) < 4.78 is 14.1. The van der Waals surface area contributed by atoms with Crippen molar-refractivity contribution in [3.63, 3.8) is 0 Å². The lowest BCUT2D eigenvalue weighted by Gasteiger charge is -2.04. The van der Waals surface area contributed by atoms with Gasteiger partial charge in [-0.2, -0.15) is 5.10 Å². The maximum Gasteiger partial charge on any atom is 0.204 e. The minimum atomic E-state index is -0.242. The van der Waals surface area contributed by atoms with Crippen LogP contribution >= 0.6 is 11.3 Å². The van der Waals surface area contributed by atoms with Crippen LogP contribution in [0.5, 0.6) is 0 Å². The summed E-state index contributed by atoms with van der Waals surface area (Å²) in [5.41, 5.74) is 5.74. The fourth-order valence-electron chi connectivity index (χ4n) is 2.03. The van der Waals surface area contributed by atoms with Crippen molar-refractivity contribution in [1.82, 2.24) is 4.98 Å². The average Bonchev–Trinajstić information content (AvgIpc) is 2.92. The van der Waals surface area contributed by atoms with Crippen LogP contribution in [0.1, 0.15) is 18.9 Å². The summed E-state index contributed by atoms with van der Waals surface area (Å²) in [6.07, 6.45) is 0.753. The third-order valence-electron chi connectivity index (χ3n) is 3.09. The van der Waals surface area contributed by atoms with E-state index in [-0.39, 0.29) is 5.82 Å². The number of thiazole rings is 1. The molecule has 5 heteroatoms. The van der Waals surface area contributed by atoms with Gasteiger partial charge in [0.15, 0.2) is 0 Å². The topological polar surface area (TPSA) is 37.3 Å². The van der Waals surface area contributed by atoms with E-state index < -0.39 is 0 Å². The molecule has 1 aromatic heterocycles. The van der Waals surface area contributed by atoms with Gasteiger partial charge in [0.2, 0.25) is 5.13 Å². The van der Waals surface area contributed by atoms with E-state index in [1.165, 1.54) is 12.1 Å². The number of nitrogens with one attached hydrogen (secondary N) is 1. The van der Waals surface area contributed by atoms with E-state index in [0.29, 0.717) is 0 Å². The van der Waals surface area contributed by atoms with Crippen molar-refractivity contribution in [2.24, 2.45) is 5.10 Å². The van der Waals surface area contributed by atoms with Crippen LogP contribution in [0.3, 0.4) is 0 Å². The van der Waals surface area contributed by atoms with Crippen molar-refractivity contribution in [1.29, 1.82) is 0 Å². The molecule has 0 bridgehead atoms. The molecule has 1 N–H and O–H groups in total. The largest absolute Gasteiger partial charge is 0.252 e. The lowest BCUT2D eigenvalue weighted by atomic mass is 10.1. The van der Waals surface area contributed by atoms with Crippen molar-refractivity contribution >= 4 is 32.4 Å². The lowest BCUT2D eigenvalue weighted by Crippen LogP contribution is -2.03. The molecule has 0 aliphatic carbocycles. The fraction of sp³-hybridized carbons (Fsp3) is 0.125. The molecule has 0 atom stereocenters. The summed E-state index contributed by atoms with van der Waals surface area (Å²) in [5, 5.41) is 5.15. The third-order valence-corrected chi connectivity index (χ3v) is 4.03. The number of para-hydroxylation sites is 1. The summed E-state index contributed by atoms with van der Waals surface area (Å²) >= 11 is 1.56. The minimum absolute atomic E-state index is 0.242. The maximum absolute atomic E-state index is 13.0. The first-order chi connectivity index (χ1) is 10.3. The second-order valence-corrected chi connectivity index (χ2v) is 5.55. The standard InChI is InChI=1S/C16H14FN3S/c1-2-13(11-7-9-12(17)10-8-11)19-20-16-18-14-5-3-4-6-15(14)21-16/h3-10H,2H2,1H3,(H,18,20)/b19-13+. The molecule has 106 valence electrons. The van der Waals surface area contributed by atoms with Gasteiger partial charge < -0.3 is 0 Å². The molecule has 0 amide bonds. The first kappa shape index (κ1) is 13.7. The number of nitrogens with zero attached hydrogens (tertiary/aromatic N) is 2. The van der Waals surface area contributed by atoms with Crippen molar-refractivity contribution < 1.29 is 4.39 Å². The van der Waals surface area contributed by atoms with Gasteiger partial charge in [-0.15, -0.1) is 0 Å². The molecule has 2 aromatic carbocycles. The van der Waals surface area contributed by atoms with Gasteiger partial charge in [-0.3, -0.25) is 5.43 Å². The van der Waals surface area contributed by atoms with Gasteiger partial charge in [0.1, 0.15) is 5.82 Å². The van der Waals surface area contributed by atoms with Crippen LogP contribution in [0.15, 0.2) is 53.6 Å². The van der Waals surface area contributed by atoms with E-state index in [1.807, 2.05) is 31.2 Å². The van der Waals surface area contributed by atoms with Crippen LogP contribution in [-0.4, -0.2) is 10.7 Å². The molecule has 0 saturated heterocycles. The van der Waals surface area contributed by atoms with Gasteiger partial charge in [0, 0.05) is 0 Å². The molecule has 0 spiro atoms. The Hall–Kier alpha value is -2.27. The predicted molar refractivity (Wildman–Crippen MR) is 86.5 cm³/mol. The molecular weight excluding hydrogens is 285 g/mol. The van der Waals surface area contributed by atoms with E-state index >= 15 is 0 Å². The molecule has 0 aliphatic heterocycles. The summed E-state index contributed by atoms with van der Waals surface area (Å²) in [6.45, 7) is 2.02. The highest BCUT2D eigenvalue weighted by atomic mass is 32.1. The second-order valence-electron chi connectivity index (χ2n) is 4.52. The number of halogens is 1. The Labute approximate surface area is 126 Å². The molecule has 0 unspecified atom stereocenters. The highest BCUT2D eigenvalue weighted by Crippen LogP contribution is 2.25. The van der Waals surface area contributed by atoms with Gasteiger partial charge in [0.25, 0.3) is 0 Å². The van der Waals surface area contributed by atoms with E-state index in [2.05, 4.69) is 15.5 Å². The van der Waals surface area contributed by atoms with Crippen molar-refractivity contribution in [2.75, 3.05) is 5.43 Å². The predicted octanol–water partition coefficient (Wildman–Crippen LogP) is 4.66. The Morgan fingerprint density at radius 2 is 1.95 bits per heavy atom. The molecule has 0 saturated carbocycles. The van der Waals surface area contributed by atoms with Crippen LogP contribution in [-0.2, 0) is 0 Å². The number of hydrazone groups is 1. The van der Waals surface area contributed by atoms with Gasteiger partial charge >= 0.3 is 0 Å². The smallest absolute Gasteiger partial charge is 0.204 e. The summed E-state index contributed by atoms with van der Waals surface area (Å²) in [5.74, 6) is -0.242. The zero-order valence-electron chi connectivity index (χ0n) is 11.5. The number of hydrogen-bond donors (Lipinski definition) is 1. The number of benzene rings is 2. The van der Waals surface area contributed by atoms with E-state index in [0.717, 1.165) is 33.0 Å². The Balaban J connectivity index is 1.83. The van der Waals surface area contributed by atoms with Gasteiger partial charge in [-0.1, -0.05) is 42.5 Å². The van der Waals surface area contributed by atoms with Crippen molar-refractivity contribution in [2.45, 2.75) is 13.3 Å². The normalized spacial score (nSPS) is 11.8. The Bertz CT molecular complexity index is 745. The van der Waals surface area contributed by atoms with Gasteiger partial charge in [-0.25, -0.2) is 9.37 Å². The SMILES string of the molecule is CC/C(=N\Nc1nc2ccccc2s1)c1ccc(F)cc1. The Morgan fingerprint density at radius 1 is 1.19 bits per heavy atom. The molecule has 3 aromatic rings. The molecule has 3 nitrogen and oxygen atoms in total. The summed E-state index contributed by atoms with van der Waals surface area (Å²) in [6, 6.07) is 14.3. The second kappa shape index (κ2) is 6.01. The van der Waals surface area contributed by atoms with Crippen molar-refractivity contribution in [3.8, 4) is 0 Å².